The van der Waals surface area contributed by atoms with Crippen LogP contribution in [-0.2, 0) is 21.9 Å². The van der Waals surface area contributed by atoms with Gasteiger partial charge in [0.1, 0.15) is 0 Å². The zero-order valence-electron chi connectivity index (χ0n) is 21.1. The molecule has 3 amide bonds. The number of nitrogens with zero attached hydrogens (tertiary/aromatic N) is 1. The maximum Gasteiger partial charge on any atom is 0.416 e. The van der Waals surface area contributed by atoms with E-state index >= 15 is 0 Å². The molecule has 0 aromatic heterocycles. The van der Waals surface area contributed by atoms with Gasteiger partial charge in [-0.3, -0.25) is 14.4 Å². The summed E-state index contributed by atoms with van der Waals surface area (Å²) in [6.45, 7) is -0.507. The van der Waals surface area contributed by atoms with Crippen LogP contribution < -0.4 is 11.1 Å². The summed E-state index contributed by atoms with van der Waals surface area (Å²) in [5.74, 6) is -3.44. The van der Waals surface area contributed by atoms with Crippen molar-refractivity contribution in [2.45, 2.75) is 30.7 Å². The molecule has 3 aromatic rings. The molecule has 0 heterocycles. The van der Waals surface area contributed by atoms with Crippen molar-refractivity contribution in [3.05, 3.63) is 107 Å². The molecule has 0 bridgehead atoms. The van der Waals surface area contributed by atoms with Crippen molar-refractivity contribution in [3.8, 4) is 0 Å². The molecule has 0 saturated heterocycles. The second-order valence-electron chi connectivity index (χ2n) is 9.02. The van der Waals surface area contributed by atoms with Gasteiger partial charge in [-0.15, -0.1) is 0 Å². The van der Waals surface area contributed by atoms with E-state index in [1.807, 2.05) is 0 Å². The molecule has 12 heteroatoms. The molecule has 6 nitrogen and oxygen atoms in total. The number of amides is 3. The van der Waals surface area contributed by atoms with Crippen molar-refractivity contribution < 1.29 is 40.7 Å². The lowest BCUT2D eigenvalue weighted by Crippen LogP contribution is -2.45. The molecular formula is C28H25F6N3O3. The summed E-state index contributed by atoms with van der Waals surface area (Å²) in [4.78, 5) is 38.5. The van der Waals surface area contributed by atoms with Crippen molar-refractivity contribution in [2.75, 3.05) is 13.6 Å². The van der Waals surface area contributed by atoms with Gasteiger partial charge in [0.25, 0.3) is 5.91 Å². The van der Waals surface area contributed by atoms with Crippen LogP contribution in [0.3, 0.4) is 0 Å². The van der Waals surface area contributed by atoms with E-state index in [4.69, 9.17) is 5.73 Å². The molecule has 3 aromatic carbocycles. The van der Waals surface area contributed by atoms with Crippen LogP contribution in [-0.4, -0.2) is 42.3 Å². The number of likely N-dealkylation sites (N-methyl/N-ethyl adjacent to an activating group) is 1. The fraction of sp³-hybridized carbons (Fsp3) is 0.250. The highest BCUT2D eigenvalue weighted by molar-refractivity contribution is 5.95. The number of rotatable bonds is 9. The summed E-state index contributed by atoms with van der Waals surface area (Å²) in [6.07, 6.45) is -10.8. The molecule has 0 radical (unpaired) electrons. The Hall–Kier alpha value is -4.35. The standard InChI is InChI=1S/C28H25F6N3O3/c1-37(26(40)19-12-20(27(29,30)31)14-21(13-19)28(32,33)34)22(15-24(39)36-16-23(35)38)25(17-8-4-2-5-9-17)18-10-6-3-7-11-18/h2-14,22,25H,15-16H2,1H3,(H2,35,38)(H,36,39). The Morgan fingerprint density at radius 3 is 1.65 bits per heavy atom. The van der Waals surface area contributed by atoms with Crippen LogP contribution in [0.15, 0.2) is 78.9 Å². The van der Waals surface area contributed by atoms with E-state index in [0.29, 0.717) is 23.3 Å². The quantitative estimate of drug-likeness (QED) is 0.358. The van der Waals surface area contributed by atoms with Gasteiger partial charge >= 0.3 is 12.4 Å². The first-order chi connectivity index (χ1) is 18.7. The second-order valence-corrected chi connectivity index (χ2v) is 9.02. The Labute approximate surface area is 225 Å². The zero-order chi connectivity index (χ0) is 29.7. The average molecular weight is 566 g/mol. The number of carbonyl (C=O) groups excluding carboxylic acids is 3. The molecule has 0 fully saturated rings. The van der Waals surface area contributed by atoms with Crippen molar-refractivity contribution in [1.82, 2.24) is 10.2 Å². The topological polar surface area (TPSA) is 92.5 Å². The van der Waals surface area contributed by atoms with Gasteiger partial charge in [-0.1, -0.05) is 60.7 Å². The van der Waals surface area contributed by atoms with Crippen molar-refractivity contribution in [2.24, 2.45) is 5.73 Å². The van der Waals surface area contributed by atoms with Gasteiger partial charge in [0.05, 0.1) is 23.7 Å². The Kier molecular flexibility index (Phi) is 9.23. The van der Waals surface area contributed by atoms with Gasteiger partial charge in [0, 0.05) is 24.9 Å². The largest absolute Gasteiger partial charge is 0.416 e. The minimum absolute atomic E-state index is 0.0672. The molecule has 0 aliphatic carbocycles. The number of primary amides is 1. The summed E-state index contributed by atoms with van der Waals surface area (Å²) >= 11 is 0. The molecule has 212 valence electrons. The third-order valence-electron chi connectivity index (χ3n) is 6.21. The molecule has 0 saturated carbocycles. The van der Waals surface area contributed by atoms with Crippen LogP contribution in [0, 0.1) is 0 Å². The van der Waals surface area contributed by atoms with Gasteiger partial charge in [-0.05, 0) is 29.3 Å². The highest BCUT2D eigenvalue weighted by Crippen LogP contribution is 2.38. The Balaban J connectivity index is 2.14. The lowest BCUT2D eigenvalue weighted by molar-refractivity contribution is -0.143. The van der Waals surface area contributed by atoms with Crippen LogP contribution in [0.4, 0.5) is 26.3 Å². The summed E-state index contributed by atoms with van der Waals surface area (Å²) in [5.41, 5.74) is 2.21. The third kappa shape index (κ3) is 7.61. The van der Waals surface area contributed by atoms with Crippen LogP contribution in [0.25, 0.3) is 0 Å². The Morgan fingerprint density at radius 2 is 1.25 bits per heavy atom. The fourth-order valence-electron chi connectivity index (χ4n) is 4.32. The highest BCUT2D eigenvalue weighted by Gasteiger charge is 2.39. The fourth-order valence-corrected chi connectivity index (χ4v) is 4.32. The number of nitrogens with two attached hydrogens (primary N) is 1. The normalized spacial score (nSPS) is 12.6. The number of benzene rings is 3. The summed E-state index contributed by atoms with van der Waals surface area (Å²) in [5, 5.41) is 2.31. The van der Waals surface area contributed by atoms with Crippen LogP contribution in [0.1, 0.15) is 45.0 Å². The Bertz CT molecular complexity index is 1270. The van der Waals surface area contributed by atoms with Gasteiger partial charge in [-0.25, -0.2) is 0 Å². The van der Waals surface area contributed by atoms with E-state index < -0.39 is 71.7 Å². The number of nitrogens with one attached hydrogen (secondary N) is 1. The molecule has 3 rings (SSSR count). The van der Waals surface area contributed by atoms with Gasteiger partial charge in [0.15, 0.2) is 0 Å². The first-order valence-corrected chi connectivity index (χ1v) is 11.9. The zero-order valence-corrected chi connectivity index (χ0v) is 21.1. The number of hydrogen-bond acceptors (Lipinski definition) is 3. The van der Waals surface area contributed by atoms with Gasteiger partial charge < -0.3 is 16.0 Å². The maximum atomic E-state index is 13.5. The van der Waals surface area contributed by atoms with Crippen LogP contribution in [0.5, 0.6) is 0 Å². The molecule has 3 N–H and O–H groups in total. The van der Waals surface area contributed by atoms with Gasteiger partial charge in [-0.2, -0.15) is 26.3 Å². The van der Waals surface area contributed by atoms with E-state index in [-0.39, 0.29) is 6.07 Å². The number of alkyl halides is 6. The lowest BCUT2D eigenvalue weighted by Gasteiger charge is -2.35. The van der Waals surface area contributed by atoms with Crippen molar-refractivity contribution in [3.63, 3.8) is 0 Å². The van der Waals surface area contributed by atoms with Crippen LogP contribution in [0.2, 0.25) is 0 Å². The average Bonchev–Trinajstić information content (AvgIpc) is 2.90. The van der Waals surface area contributed by atoms with Gasteiger partial charge in [0.2, 0.25) is 11.8 Å². The highest BCUT2D eigenvalue weighted by atomic mass is 19.4. The van der Waals surface area contributed by atoms with Crippen molar-refractivity contribution in [1.29, 1.82) is 0 Å². The minimum Gasteiger partial charge on any atom is -0.368 e. The lowest BCUT2D eigenvalue weighted by atomic mass is 9.82. The minimum atomic E-state index is -5.15. The Morgan fingerprint density at radius 1 is 0.800 bits per heavy atom. The third-order valence-corrected chi connectivity index (χ3v) is 6.21. The predicted molar refractivity (Wildman–Crippen MR) is 134 cm³/mol. The van der Waals surface area contributed by atoms with Crippen LogP contribution >= 0.6 is 0 Å². The molecule has 0 spiro atoms. The maximum absolute atomic E-state index is 13.5. The summed E-state index contributed by atoms with van der Waals surface area (Å²) < 4.78 is 80.8. The van der Waals surface area contributed by atoms with E-state index in [1.54, 1.807) is 60.7 Å². The molecule has 1 atom stereocenters. The van der Waals surface area contributed by atoms with E-state index in [2.05, 4.69) is 5.32 Å². The number of hydrogen-bond donors (Lipinski definition) is 2. The van der Waals surface area contributed by atoms with E-state index in [1.165, 1.54) is 7.05 Å². The number of carbonyl (C=O) groups is 3. The molecule has 40 heavy (non-hydrogen) atoms. The summed E-state index contributed by atoms with van der Waals surface area (Å²) in [6, 6.07) is 16.7. The first-order valence-electron chi connectivity index (χ1n) is 11.9. The molecule has 1 unspecified atom stereocenters. The molecule has 0 aliphatic heterocycles. The first kappa shape index (κ1) is 30.2. The summed E-state index contributed by atoms with van der Waals surface area (Å²) in [7, 11) is 1.20. The monoisotopic (exact) mass is 565 g/mol. The second kappa shape index (κ2) is 12.2. The predicted octanol–water partition coefficient (Wildman–Crippen LogP) is 4.99. The molecular weight excluding hydrogens is 540 g/mol. The smallest absolute Gasteiger partial charge is 0.368 e. The molecule has 0 aliphatic rings. The number of halogens is 6. The van der Waals surface area contributed by atoms with Crippen molar-refractivity contribution >= 4 is 17.7 Å². The van der Waals surface area contributed by atoms with E-state index in [0.717, 1.165) is 4.90 Å². The van der Waals surface area contributed by atoms with E-state index in [9.17, 15) is 40.7 Å². The SMILES string of the molecule is CN(C(=O)c1cc(C(F)(F)F)cc(C(F)(F)F)c1)C(CC(=O)NCC(N)=O)C(c1ccccc1)c1ccccc1.